The van der Waals surface area contributed by atoms with Gasteiger partial charge < -0.3 is 9.47 Å². The Morgan fingerprint density at radius 3 is 2.44 bits per heavy atom. The van der Waals surface area contributed by atoms with E-state index in [2.05, 4.69) is 22.0 Å². The maximum atomic E-state index is 10.8. The van der Waals surface area contributed by atoms with E-state index in [4.69, 9.17) is 9.47 Å². The number of halogens is 1. The molecule has 0 amide bonds. The van der Waals surface area contributed by atoms with Gasteiger partial charge in [0.1, 0.15) is 0 Å². The third-order valence-electron chi connectivity index (χ3n) is 3.63. The van der Waals surface area contributed by atoms with Gasteiger partial charge in [0.05, 0.1) is 29.8 Å². The van der Waals surface area contributed by atoms with Gasteiger partial charge >= 0.3 is 0 Å². The molecule has 0 aliphatic heterocycles. The summed E-state index contributed by atoms with van der Waals surface area (Å²) in [5.74, 6) is 1.23. The topological polar surface area (TPSA) is 85.4 Å². The molecule has 2 aromatic carbocycles. The van der Waals surface area contributed by atoms with E-state index in [0.29, 0.717) is 35.8 Å². The number of nitro groups is 1. The largest absolute Gasteiger partial charge is 0.490 e. The van der Waals surface area contributed by atoms with Crippen molar-refractivity contribution in [2.45, 2.75) is 20.3 Å². The highest BCUT2D eigenvalue weighted by Gasteiger charge is 2.12. The molecule has 0 unspecified atom stereocenters. The molecule has 0 saturated carbocycles. The number of allylic oxidation sites excluding steroid dienone is 1. The maximum absolute atomic E-state index is 10.8. The zero-order valence-corrected chi connectivity index (χ0v) is 16.7. The smallest absolute Gasteiger partial charge is 0.269 e. The van der Waals surface area contributed by atoms with Gasteiger partial charge in [-0.1, -0.05) is 22.9 Å². The van der Waals surface area contributed by atoms with E-state index in [-0.39, 0.29) is 5.69 Å². The SMILES string of the molecule is CCCOc1cc(Br)c(C=C(C#N)c2ccc([N+](=O)[O-])cc2)cc1OCC. The zero-order valence-electron chi connectivity index (χ0n) is 15.1. The lowest BCUT2D eigenvalue weighted by Gasteiger charge is -2.13. The minimum Gasteiger partial charge on any atom is -0.490 e. The Morgan fingerprint density at radius 2 is 1.89 bits per heavy atom. The van der Waals surface area contributed by atoms with Crippen molar-refractivity contribution in [3.05, 3.63) is 62.1 Å². The highest BCUT2D eigenvalue weighted by molar-refractivity contribution is 9.10. The Morgan fingerprint density at radius 1 is 1.22 bits per heavy atom. The normalized spacial score (nSPS) is 11.0. The first kappa shape index (κ1) is 20.5. The maximum Gasteiger partial charge on any atom is 0.269 e. The second-order valence-electron chi connectivity index (χ2n) is 5.58. The molecular formula is C20H19BrN2O4. The number of benzene rings is 2. The molecule has 0 aliphatic rings. The lowest BCUT2D eigenvalue weighted by Crippen LogP contribution is -2.00. The molecule has 0 atom stereocenters. The molecule has 0 saturated heterocycles. The highest BCUT2D eigenvalue weighted by atomic mass is 79.9. The van der Waals surface area contributed by atoms with Crippen molar-refractivity contribution in [3.8, 4) is 17.6 Å². The summed E-state index contributed by atoms with van der Waals surface area (Å²) in [4.78, 5) is 10.3. The fraction of sp³-hybridized carbons (Fsp3) is 0.250. The predicted octanol–water partition coefficient (Wildman–Crippen LogP) is 5.61. The van der Waals surface area contributed by atoms with Crippen LogP contribution >= 0.6 is 15.9 Å². The van der Waals surface area contributed by atoms with Crippen molar-refractivity contribution in [1.82, 2.24) is 0 Å². The van der Waals surface area contributed by atoms with Gasteiger partial charge in [-0.25, -0.2) is 0 Å². The number of nitriles is 1. The molecule has 0 spiro atoms. The van der Waals surface area contributed by atoms with E-state index in [0.717, 1.165) is 16.5 Å². The van der Waals surface area contributed by atoms with Crippen molar-refractivity contribution in [3.63, 3.8) is 0 Å². The molecule has 27 heavy (non-hydrogen) atoms. The van der Waals surface area contributed by atoms with Crippen molar-refractivity contribution in [1.29, 1.82) is 5.26 Å². The molecule has 0 bridgehead atoms. The zero-order chi connectivity index (χ0) is 19.8. The first-order valence-corrected chi connectivity index (χ1v) is 9.25. The van der Waals surface area contributed by atoms with Crippen LogP contribution in [0.15, 0.2) is 40.9 Å². The van der Waals surface area contributed by atoms with E-state index in [1.807, 2.05) is 19.9 Å². The van der Waals surface area contributed by atoms with Crippen molar-refractivity contribution >= 4 is 33.3 Å². The van der Waals surface area contributed by atoms with Gasteiger partial charge in [-0.15, -0.1) is 0 Å². The molecule has 0 heterocycles. The highest BCUT2D eigenvalue weighted by Crippen LogP contribution is 2.36. The van der Waals surface area contributed by atoms with Crippen LogP contribution in [0.3, 0.4) is 0 Å². The summed E-state index contributed by atoms with van der Waals surface area (Å²) in [7, 11) is 0. The van der Waals surface area contributed by atoms with Crippen LogP contribution in [-0.4, -0.2) is 18.1 Å². The summed E-state index contributed by atoms with van der Waals surface area (Å²) in [6, 6.07) is 11.6. The van der Waals surface area contributed by atoms with E-state index >= 15 is 0 Å². The molecular weight excluding hydrogens is 412 g/mol. The first-order valence-electron chi connectivity index (χ1n) is 8.45. The molecule has 2 aromatic rings. The van der Waals surface area contributed by atoms with E-state index in [1.165, 1.54) is 12.1 Å². The van der Waals surface area contributed by atoms with Gasteiger partial charge in [0, 0.05) is 16.6 Å². The minimum atomic E-state index is -0.473. The predicted molar refractivity (Wildman–Crippen MR) is 108 cm³/mol. The number of rotatable bonds is 8. The quantitative estimate of drug-likeness (QED) is 0.235. The summed E-state index contributed by atoms with van der Waals surface area (Å²) in [6.07, 6.45) is 2.58. The Labute approximate surface area is 166 Å². The molecule has 0 N–H and O–H groups in total. The number of ether oxygens (including phenoxy) is 2. The summed E-state index contributed by atoms with van der Waals surface area (Å²) in [6.45, 7) is 4.98. The van der Waals surface area contributed by atoms with Crippen LogP contribution in [0.2, 0.25) is 0 Å². The molecule has 0 aromatic heterocycles. The summed E-state index contributed by atoms with van der Waals surface area (Å²) >= 11 is 3.51. The lowest BCUT2D eigenvalue weighted by atomic mass is 10.0. The van der Waals surface area contributed by atoms with Gasteiger partial charge in [0.25, 0.3) is 5.69 Å². The third-order valence-corrected chi connectivity index (χ3v) is 4.32. The minimum absolute atomic E-state index is 0.0201. The molecule has 6 nitrogen and oxygen atoms in total. The fourth-order valence-corrected chi connectivity index (χ4v) is 2.79. The van der Waals surface area contributed by atoms with Gasteiger partial charge in [0.2, 0.25) is 0 Å². The van der Waals surface area contributed by atoms with Gasteiger partial charge in [-0.3, -0.25) is 10.1 Å². The van der Waals surface area contributed by atoms with Crippen molar-refractivity contribution in [2.24, 2.45) is 0 Å². The van der Waals surface area contributed by atoms with E-state index < -0.39 is 4.92 Å². The molecule has 140 valence electrons. The van der Waals surface area contributed by atoms with Crippen molar-refractivity contribution in [2.75, 3.05) is 13.2 Å². The third kappa shape index (κ3) is 5.31. The second-order valence-corrected chi connectivity index (χ2v) is 6.43. The van der Waals surface area contributed by atoms with Crippen LogP contribution in [0.4, 0.5) is 5.69 Å². The van der Waals surface area contributed by atoms with Gasteiger partial charge in [0.15, 0.2) is 11.5 Å². The van der Waals surface area contributed by atoms with Crippen LogP contribution in [0.25, 0.3) is 11.6 Å². The second kappa shape index (κ2) is 9.74. The van der Waals surface area contributed by atoms with Crippen LogP contribution in [-0.2, 0) is 0 Å². The monoisotopic (exact) mass is 430 g/mol. The number of hydrogen-bond donors (Lipinski definition) is 0. The molecule has 0 aliphatic carbocycles. The van der Waals surface area contributed by atoms with Crippen LogP contribution < -0.4 is 9.47 Å². The number of non-ortho nitro benzene ring substituents is 1. The standard InChI is InChI=1S/C20H19BrN2O4/c1-3-9-27-20-12-18(21)15(11-19(20)26-4-2)10-16(13-22)14-5-7-17(8-6-14)23(24)25/h5-8,10-12H,3-4,9H2,1-2H3. The molecule has 0 radical (unpaired) electrons. The Hall–Kier alpha value is -2.85. The molecule has 2 rings (SSSR count). The number of nitrogens with zero attached hydrogens (tertiary/aromatic N) is 2. The summed E-state index contributed by atoms with van der Waals surface area (Å²) in [5, 5.41) is 20.3. The van der Waals surface area contributed by atoms with E-state index in [9.17, 15) is 15.4 Å². The fourth-order valence-electron chi connectivity index (χ4n) is 2.35. The van der Waals surface area contributed by atoms with Crippen LogP contribution in [0.5, 0.6) is 11.5 Å². The Kier molecular flexibility index (Phi) is 7.38. The van der Waals surface area contributed by atoms with Crippen molar-refractivity contribution < 1.29 is 14.4 Å². The average molecular weight is 431 g/mol. The number of nitro benzene ring substituents is 1. The molecule has 0 fully saturated rings. The summed E-state index contributed by atoms with van der Waals surface area (Å²) < 4.78 is 12.1. The lowest BCUT2D eigenvalue weighted by molar-refractivity contribution is -0.384. The van der Waals surface area contributed by atoms with Crippen LogP contribution in [0.1, 0.15) is 31.4 Å². The average Bonchev–Trinajstić information content (AvgIpc) is 2.67. The Bertz CT molecular complexity index is 886. The Balaban J connectivity index is 2.43. The number of hydrogen-bond acceptors (Lipinski definition) is 5. The molecule has 7 heteroatoms. The van der Waals surface area contributed by atoms with Crippen LogP contribution in [0, 0.1) is 21.4 Å². The van der Waals surface area contributed by atoms with Gasteiger partial charge in [-0.2, -0.15) is 5.26 Å². The van der Waals surface area contributed by atoms with E-state index in [1.54, 1.807) is 24.3 Å². The summed E-state index contributed by atoms with van der Waals surface area (Å²) in [5.41, 5.74) is 1.71. The first-order chi connectivity index (χ1) is 13.0. The van der Waals surface area contributed by atoms with Gasteiger partial charge in [-0.05, 0) is 54.8 Å².